The van der Waals surface area contributed by atoms with Crippen molar-refractivity contribution in [2.24, 2.45) is 10.9 Å². The van der Waals surface area contributed by atoms with Crippen molar-refractivity contribution >= 4 is 49.7 Å². The van der Waals surface area contributed by atoms with Gasteiger partial charge >= 0.3 is 0 Å². The molecular formula is C25H24F2N4O3S2. The first-order valence-corrected chi connectivity index (χ1v) is 14.2. The van der Waals surface area contributed by atoms with Crippen LogP contribution in [0.2, 0.25) is 0 Å². The predicted molar refractivity (Wildman–Crippen MR) is 136 cm³/mol. The van der Waals surface area contributed by atoms with E-state index < -0.39 is 16.3 Å². The number of pyridine rings is 1. The van der Waals surface area contributed by atoms with Crippen LogP contribution in [0.1, 0.15) is 34.1 Å². The lowest BCUT2D eigenvalue weighted by Crippen LogP contribution is -2.11. The quantitative estimate of drug-likeness (QED) is 0.419. The Morgan fingerprint density at radius 3 is 2.53 bits per heavy atom. The van der Waals surface area contributed by atoms with Crippen LogP contribution in [-0.2, 0) is 27.5 Å². The van der Waals surface area contributed by atoms with Gasteiger partial charge in [0, 0.05) is 35.5 Å². The second kappa shape index (κ2) is 9.11. The van der Waals surface area contributed by atoms with Gasteiger partial charge < -0.3 is 5.32 Å². The number of thiazole rings is 1. The number of ketones is 1. The average Bonchev–Trinajstić information content (AvgIpc) is 3.47. The number of alkyl halides is 2. The second-order valence-corrected chi connectivity index (χ2v) is 12.6. The van der Waals surface area contributed by atoms with E-state index in [1.54, 1.807) is 24.3 Å². The zero-order valence-corrected chi connectivity index (χ0v) is 21.6. The molecular weight excluding hydrogens is 506 g/mol. The van der Waals surface area contributed by atoms with Crippen LogP contribution in [0.25, 0.3) is 11.3 Å². The van der Waals surface area contributed by atoms with Crippen LogP contribution in [0.5, 0.6) is 0 Å². The zero-order valence-electron chi connectivity index (χ0n) is 19.9. The van der Waals surface area contributed by atoms with E-state index in [-0.39, 0.29) is 46.5 Å². The number of carbonyl (C=O) groups is 1. The van der Waals surface area contributed by atoms with Crippen LogP contribution >= 0.6 is 11.3 Å². The number of anilines is 2. The van der Waals surface area contributed by atoms with Gasteiger partial charge in [0.2, 0.25) is 0 Å². The van der Waals surface area contributed by atoms with Gasteiger partial charge in [-0.2, -0.15) is 0 Å². The summed E-state index contributed by atoms with van der Waals surface area (Å²) in [5, 5.41) is 3.97. The molecule has 1 saturated carbocycles. The van der Waals surface area contributed by atoms with Gasteiger partial charge in [0.25, 0.3) is 6.43 Å². The van der Waals surface area contributed by atoms with Gasteiger partial charge in [-0.25, -0.2) is 27.2 Å². The standard InChI is InChI=1S/C25H24F2N4O3S2/c1-12-23(28-13(2)35-12)15-6-7-17(22(8-15)36(3,33)34)30-18-9-16(10-21(32)14-4-5-14)29-19-11-20(25(26)27)31-24(18)19/h6-9,14,25H,4-5,10-11H2,1-3H3,(H,29,30). The third-order valence-electron chi connectivity index (χ3n) is 6.19. The maximum atomic E-state index is 13.4. The number of fused-ring (bicyclic) bond motifs is 1. The number of nitrogens with one attached hydrogen (secondary N) is 1. The summed E-state index contributed by atoms with van der Waals surface area (Å²) < 4.78 is 52.4. The van der Waals surface area contributed by atoms with E-state index in [1.807, 2.05) is 13.8 Å². The Morgan fingerprint density at radius 1 is 1.17 bits per heavy atom. The van der Waals surface area contributed by atoms with E-state index in [9.17, 15) is 22.0 Å². The Balaban J connectivity index is 1.57. The molecule has 7 nitrogen and oxygen atoms in total. The Morgan fingerprint density at radius 2 is 1.92 bits per heavy atom. The minimum Gasteiger partial charge on any atom is -0.353 e. The number of hydrogen-bond donors (Lipinski definition) is 1. The number of carbonyl (C=O) groups excluding carboxylic acids is 1. The molecule has 0 radical (unpaired) electrons. The first-order valence-electron chi connectivity index (χ1n) is 11.5. The van der Waals surface area contributed by atoms with E-state index >= 15 is 0 Å². The molecule has 3 heterocycles. The Bertz CT molecular complexity index is 1530. The first-order chi connectivity index (χ1) is 17.0. The van der Waals surface area contributed by atoms with Crippen molar-refractivity contribution in [3.05, 3.63) is 45.5 Å². The molecule has 2 aliphatic rings. The number of aromatic nitrogens is 2. The molecule has 36 heavy (non-hydrogen) atoms. The molecule has 1 aromatic carbocycles. The lowest BCUT2D eigenvalue weighted by atomic mass is 10.1. The number of halogens is 2. The highest BCUT2D eigenvalue weighted by Gasteiger charge is 2.31. The molecule has 1 fully saturated rings. The van der Waals surface area contributed by atoms with Crippen LogP contribution in [0.4, 0.5) is 25.8 Å². The van der Waals surface area contributed by atoms with Gasteiger partial charge in [-0.15, -0.1) is 11.3 Å². The lowest BCUT2D eigenvalue weighted by molar-refractivity contribution is -0.119. The molecule has 0 atom stereocenters. The summed E-state index contributed by atoms with van der Waals surface area (Å²) in [5.41, 5.74) is 2.72. The van der Waals surface area contributed by atoms with E-state index in [0.717, 1.165) is 29.0 Å². The summed E-state index contributed by atoms with van der Waals surface area (Å²) in [6.07, 6.45) is 0.0646. The van der Waals surface area contributed by atoms with E-state index in [1.165, 1.54) is 11.3 Å². The van der Waals surface area contributed by atoms with E-state index in [0.29, 0.717) is 28.3 Å². The molecule has 1 N–H and O–H groups in total. The monoisotopic (exact) mass is 530 g/mol. The fourth-order valence-electron chi connectivity index (χ4n) is 4.31. The van der Waals surface area contributed by atoms with Gasteiger partial charge in [0.05, 0.1) is 44.1 Å². The number of aryl methyl sites for hydroxylation is 2. The van der Waals surface area contributed by atoms with Crippen molar-refractivity contribution in [2.75, 3.05) is 11.6 Å². The van der Waals surface area contributed by atoms with Crippen molar-refractivity contribution in [1.82, 2.24) is 9.97 Å². The zero-order chi connectivity index (χ0) is 25.8. The molecule has 0 spiro atoms. The molecule has 2 aromatic heterocycles. The molecule has 1 aliphatic carbocycles. The molecule has 5 rings (SSSR count). The summed E-state index contributed by atoms with van der Waals surface area (Å²) in [4.78, 5) is 26.5. The third kappa shape index (κ3) is 4.94. The van der Waals surface area contributed by atoms with Crippen LogP contribution in [0.3, 0.4) is 0 Å². The molecule has 0 unspecified atom stereocenters. The van der Waals surface area contributed by atoms with Crippen molar-refractivity contribution in [3.8, 4) is 11.3 Å². The predicted octanol–water partition coefficient (Wildman–Crippen LogP) is 5.38. The number of sulfone groups is 1. The molecule has 0 bridgehead atoms. The smallest absolute Gasteiger partial charge is 0.277 e. The van der Waals surface area contributed by atoms with Crippen LogP contribution in [0, 0.1) is 19.8 Å². The Labute approximate surface area is 211 Å². The van der Waals surface area contributed by atoms with Crippen molar-refractivity contribution in [3.63, 3.8) is 0 Å². The van der Waals surface area contributed by atoms with Gasteiger partial charge in [-0.1, -0.05) is 6.07 Å². The van der Waals surface area contributed by atoms with Crippen LogP contribution in [0.15, 0.2) is 34.2 Å². The van der Waals surface area contributed by atoms with Gasteiger partial charge in [0.1, 0.15) is 11.5 Å². The second-order valence-electron chi connectivity index (χ2n) is 9.20. The topological polar surface area (TPSA) is 101 Å². The largest absolute Gasteiger partial charge is 0.353 e. The first kappa shape index (κ1) is 24.6. The maximum absolute atomic E-state index is 13.4. The minimum atomic E-state index is -3.67. The van der Waals surface area contributed by atoms with Gasteiger partial charge in [-0.05, 0) is 44.9 Å². The molecule has 1 aliphatic heterocycles. The van der Waals surface area contributed by atoms with Crippen molar-refractivity contribution < 1.29 is 22.0 Å². The highest BCUT2D eigenvalue weighted by Crippen LogP contribution is 2.40. The van der Waals surface area contributed by atoms with Gasteiger partial charge in [0.15, 0.2) is 9.84 Å². The Hall–Kier alpha value is -3.05. The lowest BCUT2D eigenvalue weighted by Gasteiger charge is -2.15. The van der Waals surface area contributed by atoms with Gasteiger partial charge in [-0.3, -0.25) is 9.78 Å². The maximum Gasteiger partial charge on any atom is 0.277 e. The fraction of sp³-hybridized carbons (Fsp3) is 0.360. The summed E-state index contributed by atoms with van der Waals surface area (Å²) in [5.74, 6) is 0.100. The van der Waals surface area contributed by atoms with Crippen molar-refractivity contribution in [2.45, 2.75) is 50.9 Å². The molecule has 11 heteroatoms. The number of benzene rings is 1. The number of nitrogens with zero attached hydrogens (tertiary/aromatic N) is 3. The number of aliphatic imine (C=N–C) groups is 1. The Kier molecular flexibility index (Phi) is 6.24. The molecule has 3 aromatic rings. The summed E-state index contributed by atoms with van der Waals surface area (Å²) in [7, 11) is -3.67. The molecule has 188 valence electrons. The number of rotatable bonds is 8. The van der Waals surface area contributed by atoms with E-state index in [2.05, 4.69) is 20.3 Å². The normalized spacial score (nSPS) is 15.2. The minimum absolute atomic E-state index is 0.0338. The fourth-order valence-corrected chi connectivity index (χ4v) is 6.01. The molecule has 0 saturated heterocycles. The van der Waals surface area contributed by atoms with Crippen LogP contribution < -0.4 is 5.32 Å². The number of hydrogen-bond acceptors (Lipinski definition) is 8. The molecule has 0 amide bonds. The van der Waals surface area contributed by atoms with Crippen LogP contribution in [-0.4, -0.2) is 42.6 Å². The summed E-state index contributed by atoms with van der Waals surface area (Å²) >= 11 is 1.53. The van der Waals surface area contributed by atoms with E-state index in [4.69, 9.17) is 0 Å². The van der Waals surface area contributed by atoms with Crippen molar-refractivity contribution in [1.29, 1.82) is 0 Å². The summed E-state index contributed by atoms with van der Waals surface area (Å²) in [6, 6.07) is 6.57. The highest BCUT2D eigenvalue weighted by atomic mass is 32.2. The summed E-state index contributed by atoms with van der Waals surface area (Å²) in [6.45, 7) is 3.81. The average molecular weight is 531 g/mol. The SMILES string of the molecule is Cc1nc(-c2ccc(Nc3cc(CC(=O)C4CC4)nc4c3N=C(C(F)F)C4)c(S(C)(=O)=O)c2)c(C)s1. The third-order valence-corrected chi connectivity index (χ3v) is 8.21. The number of Topliss-reactive ketones (excluding diaryl/α,β-unsaturated/α-hetero) is 1. The highest BCUT2D eigenvalue weighted by molar-refractivity contribution is 7.90.